The van der Waals surface area contributed by atoms with Gasteiger partial charge in [-0.25, -0.2) is 4.79 Å². The van der Waals surface area contributed by atoms with Gasteiger partial charge in [0.2, 0.25) is 0 Å². The fourth-order valence-electron chi connectivity index (χ4n) is 1.74. The average molecular weight is 241 g/mol. The molecule has 2 rings (SSSR count). The van der Waals surface area contributed by atoms with Crippen molar-refractivity contribution in [1.82, 2.24) is 5.32 Å². The zero-order valence-corrected chi connectivity index (χ0v) is 9.16. The van der Waals surface area contributed by atoms with Crippen LogP contribution in [0.1, 0.15) is 12.0 Å². The Morgan fingerprint density at radius 3 is 2.65 bits per heavy atom. The summed E-state index contributed by atoms with van der Waals surface area (Å²) >= 11 is 0. The lowest BCUT2D eigenvalue weighted by Crippen LogP contribution is -2.26. The lowest BCUT2D eigenvalue weighted by molar-refractivity contribution is -0.159. The minimum atomic E-state index is -3.32. The largest absolute Gasteiger partial charge is 0.456 e. The lowest BCUT2D eigenvalue weighted by atomic mass is 10.2. The van der Waals surface area contributed by atoms with Crippen LogP contribution in [0.3, 0.4) is 0 Å². The van der Waals surface area contributed by atoms with Gasteiger partial charge in [-0.1, -0.05) is 30.3 Å². The first-order valence-electron chi connectivity index (χ1n) is 5.41. The molecule has 5 heteroatoms. The molecule has 17 heavy (non-hydrogen) atoms. The molecular formula is C12H13F2NO2. The number of nitrogens with one attached hydrogen (secondary N) is 1. The third-order valence-electron chi connectivity index (χ3n) is 2.60. The van der Waals surface area contributed by atoms with Gasteiger partial charge in [0.05, 0.1) is 6.42 Å². The zero-order valence-electron chi connectivity index (χ0n) is 9.16. The molecule has 1 fully saturated rings. The predicted octanol–water partition coefficient (Wildman–Crippen LogP) is 1.73. The van der Waals surface area contributed by atoms with Crippen LogP contribution in [0, 0.1) is 0 Å². The second-order valence-electron chi connectivity index (χ2n) is 4.05. The summed E-state index contributed by atoms with van der Waals surface area (Å²) in [5.74, 6) is -4.73. The van der Waals surface area contributed by atoms with Crippen molar-refractivity contribution in [2.75, 3.05) is 6.54 Å². The monoisotopic (exact) mass is 241 g/mol. The zero-order chi connectivity index (χ0) is 12.3. The van der Waals surface area contributed by atoms with Crippen LogP contribution in [-0.4, -0.2) is 24.5 Å². The van der Waals surface area contributed by atoms with E-state index < -0.39 is 24.4 Å². The molecule has 1 aliphatic heterocycles. The van der Waals surface area contributed by atoms with Crippen LogP contribution in [-0.2, 0) is 16.1 Å². The molecule has 1 saturated heterocycles. The summed E-state index contributed by atoms with van der Waals surface area (Å²) in [4.78, 5) is 10.7. The highest BCUT2D eigenvalue weighted by atomic mass is 19.3. The summed E-state index contributed by atoms with van der Waals surface area (Å²) in [7, 11) is 0. The van der Waals surface area contributed by atoms with E-state index in [1.807, 2.05) is 30.3 Å². The minimum Gasteiger partial charge on any atom is -0.456 e. The van der Waals surface area contributed by atoms with Crippen LogP contribution in [0.5, 0.6) is 0 Å². The minimum absolute atomic E-state index is 0.246. The highest BCUT2D eigenvalue weighted by Gasteiger charge is 2.50. The maximum Gasteiger partial charge on any atom is 0.377 e. The number of alkyl halides is 2. The van der Waals surface area contributed by atoms with E-state index >= 15 is 0 Å². The SMILES string of the molecule is O=C1OC(CNCc2ccccc2)CC1(F)F. The van der Waals surface area contributed by atoms with Gasteiger partial charge >= 0.3 is 11.9 Å². The Bertz CT molecular complexity index is 395. The first-order valence-corrected chi connectivity index (χ1v) is 5.41. The maximum absolute atomic E-state index is 12.8. The highest BCUT2D eigenvalue weighted by molar-refractivity contribution is 5.79. The fourth-order valence-corrected chi connectivity index (χ4v) is 1.74. The summed E-state index contributed by atoms with van der Waals surface area (Å²) in [6.07, 6.45) is -1.27. The number of carbonyl (C=O) groups is 1. The molecule has 92 valence electrons. The molecule has 1 N–H and O–H groups in total. The van der Waals surface area contributed by atoms with Gasteiger partial charge in [0.25, 0.3) is 0 Å². The summed E-state index contributed by atoms with van der Waals surface area (Å²) in [6.45, 7) is 0.816. The number of carbonyl (C=O) groups excluding carboxylic acids is 1. The van der Waals surface area contributed by atoms with Crippen molar-refractivity contribution >= 4 is 5.97 Å². The Kier molecular flexibility index (Phi) is 3.38. The molecule has 1 atom stereocenters. The molecule has 0 bridgehead atoms. The van der Waals surface area contributed by atoms with Crippen LogP contribution in [0.25, 0.3) is 0 Å². The van der Waals surface area contributed by atoms with Gasteiger partial charge in [-0.15, -0.1) is 0 Å². The van der Waals surface area contributed by atoms with Gasteiger partial charge < -0.3 is 10.1 Å². The standard InChI is InChI=1S/C12H13F2NO2/c13-12(14)6-10(17-11(12)16)8-15-7-9-4-2-1-3-5-9/h1-5,10,15H,6-8H2. The highest BCUT2D eigenvalue weighted by Crippen LogP contribution is 2.30. The average Bonchev–Trinajstić information content (AvgIpc) is 2.54. The molecule has 1 heterocycles. The molecule has 1 aliphatic rings. The fraction of sp³-hybridized carbons (Fsp3) is 0.417. The molecule has 0 aromatic heterocycles. The van der Waals surface area contributed by atoms with Gasteiger partial charge in [0.1, 0.15) is 6.10 Å². The van der Waals surface area contributed by atoms with E-state index in [-0.39, 0.29) is 6.54 Å². The van der Waals surface area contributed by atoms with Crippen molar-refractivity contribution in [3.05, 3.63) is 35.9 Å². The molecule has 1 aromatic carbocycles. The van der Waals surface area contributed by atoms with E-state index in [0.717, 1.165) is 5.56 Å². The van der Waals surface area contributed by atoms with Gasteiger partial charge in [-0.05, 0) is 5.56 Å². The van der Waals surface area contributed by atoms with Gasteiger partial charge in [-0.3, -0.25) is 0 Å². The van der Waals surface area contributed by atoms with E-state index in [1.54, 1.807) is 0 Å². The Labute approximate surface area is 97.8 Å². The summed E-state index contributed by atoms with van der Waals surface area (Å²) < 4.78 is 30.2. The number of hydrogen-bond acceptors (Lipinski definition) is 3. The first-order chi connectivity index (χ1) is 8.08. The predicted molar refractivity (Wildman–Crippen MR) is 57.6 cm³/mol. The first kappa shape index (κ1) is 12.0. The third kappa shape index (κ3) is 3.00. The molecule has 0 saturated carbocycles. The van der Waals surface area contributed by atoms with Crippen molar-refractivity contribution in [1.29, 1.82) is 0 Å². The number of esters is 1. The Morgan fingerprint density at radius 1 is 1.35 bits per heavy atom. The molecule has 0 amide bonds. The molecule has 0 radical (unpaired) electrons. The number of hydrogen-bond donors (Lipinski definition) is 1. The van der Waals surface area contributed by atoms with Crippen molar-refractivity contribution in [2.45, 2.75) is 25.0 Å². The third-order valence-corrected chi connectivity index (χ3v) is 2.60. The number of rotatable bonds is 4. The van der Waals surface area contributed by atoms with E-state index in [2.05, 4.69) is 10.1 Å². The summed E-state index contributed by atoms with van der Waals surface area (Å²) in [6, 6.07) is 9.58. The van der Waals surface area contributed by atoms with Crippen molar-refractivity contribution in [3.63, 3.8) is 0 Å². The normalized spacial score (nSPS) is 22.5. The molecule has 0 spiro atoms. The number of halogens is 2. The van der Waals surface area contributed by atoms with Crippen LogP contribution < -0.4 is 5.32 Å². The van der Waals surface area contributed by atoms with E-state index in [0.29, 0.717) is 6.54 Å². The Hall–Kier alpha value is -1.49. The molecule has 0 aliphatic carbocycles. The van der Waals surface area contributed by atoms with Gasteiger partial charge in [0.15, 0.2) is 0 Å². The van der Waals surface area contributed by atoms with E-state index in [1.165, 1.54) is 0 Å². The Morgan fingerprint density at radius 2 is 2.06 bits per heavy atom. The Balaban J connectivity index is 1.76. The molecule has 3 nitrogen and oxygen atoms in total. The maximum atomic E-state index is 12.8. The number of benzene rings is 1. The van der Waals surface area contributed by atoms with Crippen molar-refractivity contribution in [3.8, 4) is 0 Å². The van der Waals surface area contributed by atoms with Crippen LogP contribution in [0.4, 0.5) is 8.78 Å². The van der Waals surface area contributed by atoms with Crippen molar-refractivity contribution in [2.24, 2.45) is 0 Å². The summed E-state index contributed by atoms with van der Waals surface area (Å²) in [5, 5.41) is 2.99. The van der Waals surface area contributed by atoms with E-state index in [4.69, 9.17) is 0 Å². The quantitative estimate of drug-likeness (QED) is 0.816. The topological polar surface area (TPSA) is 38.3 Å². The smallest absolute Gasteiger partial charge is 0.377 e. The van der Waals surface area contributed by atoms with Crippen LogP contribution >= 0.6 is 0 Å². The van der Waals surface area contributed by atoms with Crippen LogP contribution in [0.15, 0.2) is 30.3 Å². The second-order valence-corrected chi connectivity index (χ2v) is 4.05. The second kappa shape index (κ2) is 4.79. The number of ether oxygens (including phenoxy) is 1. The molecule has 1 unspecified atom stereocenters. The summed E-state index contributed by atoms with van der Waals surface area (Å²) in [5.41, 5.74) is 1.06. The number of cyclic esters (lactones) is 1. The van der Waals surface area contributed by atoms with Crippen molar-refractivity contribution < 1.29 is 18.3 Å². The molecule has 1 aromatic rings. The van der Waals surface area contributed by atoms with Crippen LogP contribution in [0.2, 0.25) is 0 Å². The van der Waals surface area contributed by atoms with E-state index in [9.17, 15) is 13.6 Å². The molecular weight excluding hydrogens is 228 g/mol. The van der Waals surface area contributed by atoms with Gasteiger partial charge in [-0.2, -0.15) is 8.78 Å². The van der Waals surface area contributed by atoms with Gasteiger partial charge in [0, 0.05) is 13.1 Å². The lowest BCUT2D eigenvalue weighted by Gasteiger charge is -2.09.